The summed E-state index contributed by atoms with van der Waals surface area (Å²) in [7, 11) is -4.16. The van der Waals surface area contributed by atoms with Gasteiger partial charge in [0.2, 0.25) is 9.84 Å². The Morgan fingerprint density at radius 2 is 1.32 bits per heavy atom. The second kappa shape index (κ2) is 9.03. The average molecular weight is 414 g/mol. The third-order valence-electron chi connectivity index (χ3n) is 4.23. The monoisotopic (exact) mass is 413 g/mol. The first-order valence-electron chi connectivity index (χ1n) is 8.66. The van der Waals surface area contributed by atoms with Crippen molar-refractivity contribution in [2.24, 2.45) is 0 Å². The molecule has 0 spiro atoms. The van der Waals surface area contributed by atoms with Crippen molar-refractivity contribution in [2.45, 2.75) is 26.8 Å². The summed E-state index contributed by atoms with van der Waals surface area (Å²) in [6.45, 7) is 0. The Morgan fingerprint density at radius 1 is 0.821 bits per heavy atom. The second-order valence-electron chi connectivity index (χ2n) is 6.19. The first-order chi connectivity index (χ1) is 13.5. The highest BCUT2D eigenvalue weighted by Crippen LogP contribution is 2.33. The van der Waals surface area contributed by atoms with Crippen molar-refractivity contribution >= 4 is 21.6 Å². The first-order valence-corrected chi connectivity index (χ1v) is 11.1. The van der Waals surface area contributed by atoms with Crippen molar-refractivity contribution in [2.75, 3.05) is 0 Å². The molecule has 3 rings (SSSR count). The lowest BCUT2D eigenvalue weighted by atomic mass is 10.1. The zero-order valence-electron chi connectivity index (χ0n) is 14.9. The highest BCUT2D eigenvalue weighted by Gasteiger charge is 2.45. The molecule has 0 aliphatic carbocycles. The van der Waals surface area contributed by atoms with Crippen LogP contribution in [0.15, 0.2) is 101 Å². The van der Waals surface area contributed by atoms with Gasteiger partial charge in [-0.25, -0.2) is 8.42 Å². The normalized spacial score (nSPS) is 13.6. The van der Waals surface area contributed by atoms with E-state index in [1.54, 1.807) is 18.2 Å². The van der Waals surface area contributed by atoms with Gasteiger partial charge in [-0.3, -0.25) is 10.1 Å². The predicted molar refractivity (Wildman–Crippen MR) is 111 cm³/mol. The topological polar surface area (TPSA) is 77.3 Å². The molecule has 28 heavy (non-hydrogen) atoms. The van der Waals surface area contributed by atoms with Gasteiger partial charge in [0.1, 0.15) is 0 Å². The van der Waals surface area contributed by atoms with Gasteiger partial charge in [-0.15, -0.1) is 11.8 Å². The van der Waals surface area contributed by atoms with Crippen LogP contribution in [0.1, 0.15) is 5.56 Å². The molecular formula is C21H19NO4S2. The molecule has 0 aliphatic heterocycles. The van der Waals surface area contributed by atoms with Gasteiger partial charge < -0.3 is 0 Å². The molecule has 0 fully saturated rings. The number of nitro groups is 1. The molecule has 0 saturated carbocycles. The Morgan fingerprint density at radius 3 is 1.86 bits per heavy atom. The fraction of sp³-hybridized carbons (Fsp3) is 0.143. The van der Waals surface area contributed by atoms with E-state index in [9.17, 15) is 18.5 Å². The van der Waals surface area contributed by atoms with E-state index in [1.807, 2.05) is 60.7 Å². The maximum atomic E-state index is 13.1. The van der Waals surface area contributed by atoms with E-state index in [0.717, 1.165) is 10.5 Å². The van der Waals surface area contributed by atoms with Crippen LogP contribution in [0.2, 0.25) is 0 Å². The molecule has 5 nitrogen and oxygen atoms in total. The lowest BCUT2D eigenvalue weighted by Gasteiger charge is -2.21. The van der Waals surface area contributed by atoms with E-state index < -0.39 is 25.4 Å². The summed E-state index contributed by atoms with van der Waals surface area (Å²) < 4.78 is 26.3. The Labute approximate surface area is 168 Å². The van der Waals surface area contributed by atoms with E-state index in [0.29, 0.717) is 0 Å². The van der Waals surface area contributed by atoms with Crippen LogP contribution in [-0.2, 0) is 16.3 Å². The molecule has 0 N–H and O–H groups in total. The standard InChI is InChI=1S/C21H19NO4S2/c23-22(24)21(28(25,26)19-14-8-3-9-15-19)20(16-17-10-4-1-5-11-17)27-18-12-6-2-7-13-18/h1-15,20-21H,16H2. The van der Waals surface area contributed by atoms with Crippen molar-refractivity contribution in [1.82, 2.24) is 0 Å². The predicted octanol–water partition coefficient (Wildman–Crippen LogP) is 4.47. The van der Waals surface area contributed by atoms with E-state index in [2.05, 4.69) is 0 Å². The first kappa shape index (κ1) is 20.1. The number of hydrogen-bond donors (Lipinski definition) is 0. The number of benzene rings is 3. The van der Waals surface area contributed by atoms with Gasteiger partial charge in [0, 0.05) is 9.82 Å². The fourth-order valence-electron chi connectivity index (χ4n) is 2.92. The Bertz CT molecular complexity index is 969. The summed E-state index contributed by atoms with van der Waals surface area (Å²) in [6.07, 6.45) is 0.262. The van der Waals surface area contributed by atoms with E-state index in [4.69, 9.17) is 0 Å². The zero-order valence-corrected chi connectivity index (χ0v) is 16.6. The Kier molecular flexibility index (Phi) is 6.49. The third kappa shape index (κ3) is 4.79. The number of rotatable bonds is 8. The van der Waals surface area contributed by atoms with Crippen LogP contribution in [0.5, 0.6) is 0 Å². The molecule has 0 amide bonds. The van der Waals surface area contributed by atoms with Crippen LogP contribution < -0.4 is 0 Å². The largest absolute Gasteiger partial charge is 0.326 e. The summed E-state index contributed by atoms with van der Waals surface area (Å²) in [5.41, 5.74) is 0.853. The molecule has 0 aliphatic rings. The Hall–Kier alpha value is -2.64. The van der Waals surface area contributed by atoms with Crippen molar-refractivity contribution in [3.05, 3.63) is 107 Å². The van der Waals surface area contributed by atoms with Gasteiger partial charge in [0.05, 0.1) is 10.1 Å². The van der Waals surface area contributed by atoms with Gasteiger partial charge in [0.25, 0.3) is 0 Å². The highest BCUT2D eigenvalue weighted by atomic mass is 32.2. The maximum absolute atomic E-state index is 13.1. The molecule has 0 saturated heterocycles. The third-order valence-corrected chi connectivity index (χ3v) is 7.74. The number of nitrogens with zero attached hydrogens (tertiary/aromatic N) is 1. The van der Waals surface area contributed by atoms with Gasteiger partial charge in [0.15, 0.2) is 0 Å². The molecule has 0 bridgehead atoms. The minimum atomic E-state index is -4.16. The van der Waals surface area contributed by atoms with E-state index in [-0.39, 0.29) is 11.3 Å². The summed E-state index contributed by atoms with van der Waals surface area (Å²) in [5.74, 6) is 0. The van der Waals surface area contributed by atoms with Crippen molar-refractivity contribution in [1.29, 1.82) is 0 Å². The summed E-state index contributed by atoms with van der Waals surface area (Å²) in [6, 6.07) is 26.0. The smallest absolute Gasteiger partial charge is 0.263 e. The van der Waals surface area contributed by atoms with E-state index >= 15 is 0 Å². The minimum Gasteiger partial charge on any atom is -0.263 e. The second-order valence-corrected chi connectivity index (χ2v) is 9.55. The Balaban J connectivity index is 2.03. The SMILES string of the molecule is O=[N+]([O-])C(C(Cc1ccccc1)Sc1ccccc1)S(=O)(=O)c1ccccc1. The van der Waals surface area contributed by atoms with Crippen LogP contribution >= 0.6 is 11.8 Å². The van der Waals surface area contributed by atoms with Gasteiger partial charge in [-0.2, -0.15) is 0 Å². The molecule has 2 atom stereocenters. The maximum Gasteiger partial charge on any atom is 0.326 e. The fourth-order valence-corrected chi connectivity index (χ4v) is 6.22. The molecule has 7 heteroatoms. The molecule has 144 valence electrons. The molecule has 0 heterocycles. The molecule has 0 aromatic heterocycles. The van der Waals surface area contributed by atoms with Crippen LogP contribution in [0.25, 0.3) is 0 Å². The molecular weight excluding hydrogens is 394 g/mol. The van der Waals surface area contributed by atoms with Gasteiger partial charge >= 0.3 is 5.37 Å². The van der Waals surface area contributed by atoms with Crippen LogP contribution in [0.3, 0.4) is 0 Å². The van der Waals surface area contributed by atoms with E-state index in [1.165, 1.54) is 23.9 Å². The highest BCUT2D eigenvalue weighted by molar-refractivity contribution is 8.01. The quantitative estimate of drug-likeness (QED) is 0.309. The van der Waals surface area contributed by atoms with Gasteiger partial charge in [-0.1, -0.05) is 66.7 Å². The van der Waals surface area contributed by atoms with Crippen molar-refractivity contribution < 1.29 is 13.3 Å². The lowest BCUT2D eigenvalue weighted by Crippen LogP contribution is -2.40. The van der Waals surface area contributed by atoms with Crippen molar-refractivity contribution in [3.8, 4) is 0 Å². The van der Waals surface area contributed by atoms with Gasteiger partial charge in [-0.05, 0) is 36.2 Å². The summed E-state index contributed by atoms with van der Waals surface area (Å²) in [5, 5.41) is 9.40. The van der Waals surface area contributed by atoms with Crippen LogP contribution in [0.4, 0.5) is 0 Å². The van der Waals surface area contributed by atoms with Crippen LogP contribution in [0, 0.1) is 10.1 Å². The van der Waals surface area contributed by atoms with Crippen molar-refractivity contribution in [3.63, 3.8) is 0 Å². The summed E-state index contributed by atoms with van der Waals surface area (Å²) >= 11 is 1.22. The number of hydrogen-bond acceptors (Lipinski definition) is 5. The molecule has 2 unspecified atom stereocenters. The molecule has 3 aromatic carbocycles. The minimum absolute atomic E-state index is 0.0385. The average Bonchev–Trinajstić information content (AvgIpc) is 2.70. The number of thioether (sulfide) groups is 1. The van der Waals surface area contributed by atoms with Crippen LogP contribution in [-0.4, -0.2) is 24.0 Å². The molecule has 0 radical (unpaired) electrons. The number of sulfone groups is 1. The molecule has 3 aromatic rings. The lowest BCUT2D eigenvalue weighted by molar-refractivity contribution is -0.496. The summed E-state index contributed by atoms with van der Waals surface area (Å²) in [4.78, 5) is 12.0. The zero-order chi connectivity index (χ0) is 20.0.